The lowest BCUT2D eigenvalue weighted by atomic mass is 10.2. The van der Waals surface area contributed by atoms with E-state index in [1.54, 1.807) is 11.8 Å². The molecule has 98 valence electrons. The van der Waals surface area contributed by atoms with Gasteiger partial charge in [0.2, 0.25) is 5.91 Å². The predicted octanol–water partition coefficient (Wildman–Crippen LogP) is 0.703. The molecular formula is C12H21NO4. The van der Waals surface area contributed by atoms with E-state index in [1.807, 2.05) is 0 Å². The molecule has 0 unspecified atom stereocenters. The minimum atomic E-state index is -0.338. The van der Waals surface area contributed by atoms with Crippen molar-refractivity contribution in [1.82, 2.24) is 4.90 Å². The fourth-order valence-electron chi connectivity index (χ4n) is 1.68. The van der Waals surface area contributed by atoms with Gasteiger partial charge in [0.25, 0.3) is 0 Å². The van der Waals surface area contributed by atoms with Crippen molar-refractivity contribution in [2.75, 3.05) is 19.8 Å². The summed E-state index contributed by atoms with van der Waals surface area (Å²) in [6, 6.07) is 0.223. The Hall–Kier alpha value is -1.10. The largest absolute Gasteiger partial charge is 0.465 e. The summed E-state index contributed by atoms with van der Waals surface area (Å²) in [6.07, 6.45) is 3.65. The number of amides is 1. The van der Waals surface area contributed by atoms with Gasteiger partial charge in [-0.25, -0.2) is 0 Å². The van der Waals surface area contributed by atoms with Crippen LogP contribution in [0.1, 0.15) is 39.0 Å². The summed E-state index contributed by atoms with van der Waals surface area (Å²) in [5.74, 6) is -0.344. The molecule has 0 bridgehead atoms. The van der Waals surface area contributed by atoms with Crippen LogP contribution in [-0.2, 0) is 14.3 Å². The fourth-order valence-corrected chi connectivity index (χ4v) is 1.68. The van der Waals surface area contributed by atoms with Crippen LogP contribution in [0, 0.1) is 0 Å². The second-order valence-corrected chi connectivity index (χ2v) is 4.24. The molecular weight excluding hydrogens is 222 g/mol. The molecule has 0 aromatic rings. The summed E-state index contributed by atoms with van der Waals surface area (Å²) in [5, 5.41) is 8.66. The summed E-state index contributed by atoms with van der Waals surface area (Å²) in [7, 11) is 0. The molecule has 0 aliphatic heterocycles. The van der Waals surface area contributed by atoms with Gasteiger partial charge in [0.1, 0.15) is 6.54 Å². The summed E-state index contributed by atoms with van der Waals surface area (Å²) < 4.78 is 4.85. The molecule has 0 aromatic heterocycles. The van der Waals surface area contributed by atoms with Crippen LogP contribution in [0.5, 0.6) is 0 Å². The number of carbonyl (C=O) groups is 2. The second-order valence-electron chi connectivity index (χ2n) is 4.24. The first-order valence-electron chi connectivity index (χ1n) is 6.25. The number of hydrogen-bond acceptors (Lipinski definition) is 4. The molecule has 1 rings (SSSR count). The van der Waals surface area contributed by atoms with Crippen molar-refractivity contribution in [2.45, 2.75) is 45.1 Å². The van der Waals surface area contributed by atoms with Crippen molar-refractivity contribution >= 4 is 11.9 Å². The molecule has 17 heavy (non-hydrogen) atoms. The smallest absolute Gasteiger partial charge is 0.325 e. The van der Waals surface area contributed by atoms with Gasteiger partial charge in [-0.2, -0.15) is 0 Å². The number of aliphatic hydroxyl groups excluding tert-OH is 1. The minimum absolute atomic E-state index is 0.00555. The molecule has 1 amide bonds. The van der Waals surface area contributed by atoms with E-state index >= 15 is 0 Å². The normalized spacial score (nSPS) is 14.5. The summed E-state index contributed by atoms with van der Waals surface area (Å²) in [5.41, 5.74) is 0. The maximum atomic E-state index is 11.9. The molecule has 0 heterocycles. The van der Waals surface area contributed by atoms with Crippen LogP contribution in [0.3, 0.4) is 0 Å². The number of ether oxygens (including phenoxy) is 1. The maximum absolute atomic E-state index is 11.9. The average Bonchev–Trinajstić information content (AvgIpc) is 3.10. The molecule has 1 aliphatic carbocycles. The number of aliphatic hydroxyl groups is 1. The third-order valence-corrected chi connectivity index (χ3v) is 2.71. The third kappa shape index (κ3) is 5.17. The molecule has 1 N–H and O–H groups in total. The van der Waals surface area contributed by atoms with Gasteiger partial charge in [-0.05, 0) is 32.6 Å². The van der Waals surface area contributed by atoms with Crippen molar-refractivity contribution in [3.05, 3.63) is 0 Å². The number of hydrogen-bond donors (Lipinski definition) is 1. The second kappa shape index (κ2) is 7.27. The van der Waals surface area contributed by atoms with Gasteiger partial charge < -0.3 is 14.7 Å². The first-order valence-corrected chi connectivity index (χ1v) is 6.25. The number of rotatable bonds is 8. The average molecular weight is 243 g/mol. The van der Waals surface area contributed by atoms with E-state index in [1.165, 1.54) is 0 Å². The topological polar surface area (TPSA) is 66.8 Å². The van der Waals surface area contributed by atoms with Gasteiger partial charge in [0, 0.05) is 19.1 Å². The highest BCUT2D eigenvalue weighted by Gasteiger charge is 2.33. The van der Waals surface area contributed by atoms with Crippen molar-refractivity contribution < 1.29 is 19.4 Å². The highest BCUT2D eigenvalue weighted by atomic mass is 16.5. The van der Waals surface area contributed by atoms with Gasteiger partial charge in [-0.1, -0.05) is 0 Å². The Labute approximate surface area is 102 Å². The van der Waals surface area contributed by atoms with Crippen LogP contribution in [0.15, 0.2) is 0 Å². The molecule has 0 aromatic carbocycles. The van der Waals surface area contributed by atoms with Crippen molar-refractivity contribution in [3.63, 3.8) is 0 Å². The maximum Gasteiger partial charge on any atom is 0.325 e. The number of nitrogens with zero attached hydrogens (tertiary/aromatic N) is 1. The molecule has 5 heteroatoms. The SMILES string of the molecule is CCOC(=O)CN(C(=O)CCCCO)C1CC1. The molecule has 1 aliphatic rings. The molecule has 5 nitrogen and oxygen atoms in total. The van der Waals surface area contributed by atoms with Crippen LogP contribution in [0.4, 0.5) is 0 Å². The van der Waals surface area contributed by atoms with Gasteiger partial charge in [-0.3, -0.25) is 9.59 Å². The van der Waals surface area contributed by atoms with Crippen molar-refractivity contribution in [2.24, 2.45) is 0 Å². The Balaban J connectivity index is 2.36. The van der Waals surface area contributed by atoms with Gasteiger partial charge in [-0.15, -0.1) is 0 Å². The third-order valence-electron chi connectivity index (χ3n) is 2.71. The van der Waals surface area contributed by atoms with E-state index < -0.39 is 0 Å². The van der Waals surface area contributed by atoms with E-state index in [4.69, 9.17) is 9.84 Å². The number of esters is 1. The Kier molecular flexibility index (Phi) is 5.97. The highest BCUT2D eigenvalue weighted by molar-refractivity contribution is 5.82. The lowest BCUT2D eigenvalue weighted by Gasteiger charge is -2.21. The molecule has 0 spiro atoms. The van der Waals surface area contributed by atoms with Gasteiger partial charge in [0.05, 0.1) is 6.61 Å². The zero-order chi connectivity index (χ0) is 12.7. The van der Waals surface area contributed by atoms with Crippen molar-refractivity contribution in [3.8, 4) is 0 Å². The quantitative estimate of drug-likeness (QED) is 0.503. The number of unbranched alkanes of at least 4 members (excludes halogenated alkanes) is 1. The Morgan fingerprint density at radius 3 is 2.59 bits per heavy atom. The summed E-state index contributed by atoms with van der Waals surface area (Å²) in [6.45, 7) is 2.27. The van der Waals surface area contributed by atoms with Gasteiger partial charge >= 0.3 is 5.97 Å². The van der Waals surface area contributed by atoms with E-state index in [9.17, 15) is 9.59 Å². The molecule has 0 radical (unpaired) electrons. The Morgan fingerprint density at radius 1 is 1.35 bits per heavy atom. The summed E-state index contributed by atoms with van der Waals surface area (Å²) in [4.78, 5) is 24.9. The van der Waals surface area contributed by atoms with E-state index in [0.29, 0.717) is 25.9 Å². The molecule has 1 fully saturated rings. The lowest BCUT2D eigenvalue weighted by Crippen LogP contribution is -2.38. The Bertz CT molecular complexity index is 263. The van der Waals surface area contributed by atoms with Crippen LogP contribution in [-0.4, -0.2) is 47.7 Å². The highest BCUT2D eigenvalue weighted by Crippen LogP contribution is 2.27. The van der Waals surface area contributed by atoms with Crippen molar-refractivity contribution in [1.29, 1.82) is 0 Å². The fraction of sp³-hybridized carbons (Fsp3) is 0.833. The zero-order valence-electron chi connectivity index (χ0n) is 10.4. The molecule has 0 saturated heterocycles. The van der Waals surface area contributed by atoms with Crippen LogP contribution < -0.4 is 0 Å². The van der Waals surface area contributed by atoms with E-state index in [2.05, 4.69) is 0 Å². The monoisotopic (exact) mass is 243 g/mol. The lowest BCUT2D eigenvalue weighted by molar-refractivity contribution is -0.149. The molecule has 0 atom stereocenters. The van der Waals surface area contributed by atoms with E-state index in [-0.39, 0.29) is 31.1 Å². The van der Waals surface area contributed by atoms with Crippen LogP contribution in [0.25, 0.3) is 0 Å². The predicted molar refractivity (Wildman–Crippen MR) is 62.3 cm³/mol. The standard InChI is InChI=1S/C12H21NO4/c1-2-17-12(16)9-13(10-6-7-10)11(15)5-3-4-8-14/h10,14H,2-9H2,1H3. The van der Waals surface area contributed by atoms with Crippen LogP contribution in [0.2, 0.25) is 0 Å². The zero-order valence-corrected chi connectivity index (χ0v) is 10.4. The first-order chi connectivity index (χ1) is 8.19. The summed E-state index contributed by atoms with van der Waals surface area (Å²) >= 11 is 0. The van der Waals surface area contributed by atoms with E-state index in [0.717, 1.165) is 12.8 Å². The van der Waals surface area contributed by atoms with Gasteiger partial charge in [0.15, 0.2) is 0 Å². The first kappa shape index (κ1) is 14.0. The minimum Gasteiger partial charge on any atom is -0.465 e. The van der Waals surface area contributed by atoms with Crippen LogP contribution >= 0.6 is 0 Å². The molecule has 1 saturated carbocycles. The Morgan fingerprint density at radius 2 is 2.06 bits per heavy atom. The number of carbonyl (C=O) groups excluding carboxylic acids is 2.